The van der Waals surface area contributed by atoms with Crippen molar-refractivity contribution in [1.82, 2.24) is 0 Å². The number of hydrogen-bond donors (Lipinski definition) is 2. The topological polar surface area (TPSA) is 74.6 Å². The van der Waals surface area contributed by atoms with Crippen molar-refractivity contribution in [3.63, 3.8) is 0 Å². The van der Waals surface area contributed by atoms with Crippen molar-refractivity contribution < 1.29 is 39.3 Å². The quantitative estimate of drug-likeness (QED) is 0.398. The molecule has 0 atom stereocenters. The molecule has 9 heteroatoms. The number of hydrogen-bond acceptors (Lipinski definition) is 2. The van der Waals surface area contributed by atoms with Crippen LogP contribution < -0.4 is 0 Å². The second-order valence-corrected chi connectivity index (χ2v) is 6.27. The van der Waals surface area contributed by atoms with Crippen LogP contribution in [0.1, 0.15) is 13.8 Å². The number of allylic oxidation sites excluding steroid dienone is 2. The molecule has 0 aliphatic heterocycles. The van der Waals surface area contributed by atoms with E-state index in [9.17, 15) is 9.59 Å². The normalized spacial score (nSPS) is 12.1. The fourth-order valence-electron chi connectivity index (χ4n) is 0.295. The molecular formula is C8H8Br4O4Zn. The van der Waals surface area contributed by atoms with Crippen LogP contribution in [-0.4, -0.2) is 22.2 Å². The SMILES string of the molecule is C/C(Br)=C(\Br)C(=O)O.C/C(Br)=C(\Br)C(=O)O.[Zn]. The fourth-order valence-corrected chi connectivity index (χ4v) is 0.634. The van der Waals surface area contributed by atoms with Crippen LogP contribution in [0, 0.1) is 0 Å². The average Bonchev–Trinajstić information content (AvgIpc) is 2.15. The van der Waals surface area contributed by atoms with Gasteiger partial charge in [0, 0.05) is 28.4 Å². The van der Waals surface area contributed by atoms with E-state index in [1.54, 1.807) is 13.8 Å². The van der Waals surface area contributed by atoms with Gasteiger partial charge >= 0.3 is 11.9 Å². The van der Waals surface area contributed by atoms with Gasteiger partial charge in [-0.3, -0.25) is 0 Å². The van der Waals surface area contributed by atoms with Crippen LogP contribution in [0.15, 0.2) is 17.9 Å². The Morgan fingerprint density at radius 2 is 0.941 bits per heavy atom. The first kappa shape index (κ1) is 23.1. The van der Waals surface area contributed by atoms with E-state index in [2.05, 4.69) is 63.7 Å². The van der Waals surface area contributed by atoms with Gasteiger partial charge in [0.2, 0.25) is 0 Å². The Hall–Kier alpha value is 0.963. The number of halogens is 4. The summed E-state index contributed by atoms with van der Waals surface area (Å²) in [4.78, 5) is 20.0. The molecule has 0 aromatic heterocycles. The molecule has 0 amide bonds. The van der Waals surface area contributed by atoms with Crippen LogP contribution in [0.25, 0.3) is 0 Å². The minimum atomic E-state index is -0.959. The number of aliphatic carboxylic acids is 2. The molecule has 17 heavy (non-hydrogen) atoms. The zero-order valence-corrected chi connectivity index (χ0v) is 18.2. The molecule has 2 N–H and O–H groups in total. The summed E-state index contributed by atoms with van der Waals surface area (Å²) < 4.78 is 1.50. The molecule has 0 saturated carbocycles. The Labute approximate surface area is 145 Å². The number of carboxylic acids is 2. The molecule has 0 aromatic rings. The van der Waals surface area contributed by atoms with Crippen molar-refractivity contribution in [2.24, 2.45) is 0 Å². The Morgan fingerprint density at radius 3 is 0.941 bits per heavy atom. The third-order valence-electron chi connectivity index (χ3n) is 0.980. The van der Waals surface area contributed by atoms with Crippen LogP contribution in [-0.2, 0) is 29.1 Å². The number of carbonyl (C=O) groups is 2. The van der Waals surface area contributed by atoms with Gasteiger partial charge in [0.1, 0.15) is 8.96 Å². The van der Waals surface area contributed by atoms with E-state index in [0.29, 0.717) is 8.96 Å². The van der Waals surface area contributed by atoms with Crippen molar-refractivity contribution >= 4 is 75.7 Å². The smallest absolute Gasteiger partial charge is 0.343 e. The van der Waals surface area contributed by atoms with E-state index < -0.39 is 11.9 Å². The minimum Gasteiger partial charge on any atom is -0.477 e. The summed E-state index contributed by atoms with van der Waals surface area (Å²) in [7, 11) is 0. The molecule has 0 aliphatic carbocycles. The zero-order chi connectivity index (χ0) is 13.5. The second-order valence-electron chi connectivity index (χ2n) is 2.31. The molecular weight excluding hydrogens is 545 g/mol. The second kappa shape index (κ2) is 12.0. The van der Waals surface area contributed by atoms with Gasteiger partial charge in [0.25, 0.3) is 0 Å². The van der Waals surface area contributed by atoms with Crippen LogP contribution >= 0.6 is 63.7 Å². The number of carboxylic acid groups (broad SMARTS) is 2. The van der Waals surface area contributed by atoms with E-state index in [-0.39, 0.29) is 28.4 Å². The molecule has 0 spiro atoms. The van der Waals surface area contributed by atoms with Gasteiger partial charge in [-0.05, 0) is 45.7 Å². The molecule has 4 nitrogen and oxygen atoms in total. The predicted octanol–water partition coefficient (Wildman–Crippen LogP) is 4.18. The third-order valence-corrected chi connectivity index (χ3v) is 4.71. The van der Waals surface area contributed by atoms with Gasteiger partial charge in [-0.15, -0.1) is 0 Å². The first-order valence-corrected chi connectivity index (χ1v) is 6.78. The Kier molecular flexibility index (Phi) is 16.3. The summed E-state index contributed by atoms with van der Waals surface area (Å²) in [5, 5.41) is 16.4. The van der Waals surface area contributed by atoms with E-state index >= 15 is 0 Å². The largest absolute Gasteiger partial charge is 0.477 e. The predicted molar refractivity (Wildman–Crippen MR) is 76.4 cm³/mol. The molecule has 0 radical (unpaired) electrons. The number of rotatable bonds is 2. The molecule has 94 valence electrons. The van der Waals surface area contributed by atoms with Crippen molar-refractivity contribution in [3.8, 4) is 0 Å². The maximum Gasteiger partial charge on any atom is 0.343 e. The molecule has 0 rings (SSSR count). The first-order valence-electron chi connectivity index (χ1n) is 3.61. The fraction of sp³-hybridized carbons (Fsp3) is 0.250. The van der Waals surface area contributed by atoms with Crippen molar-refractivity contribution in [2.75, 3.05) is 0 Å². The maximum absolute atomic E-state index is 10.0. The van der Waals surface area contributed by atoms with E-state index in [1.165, 1.54) is 0 Å². The van der Waals surface area contributed by atoms with Gasteiger partial charge in [0.05, 0.1) is 0 Å². The average molecular weight is 553 g/mol. The summed E-state index contributed by atoms with van der Waals surface area (Å²) in [6, 6.07) is 0. The molecule has 0 fully saturated rings. The third kappa shape index (κ3) is 13.2. The van der Waals surface area contributed by atoms with Crippen LogP contribution in [0.4, 0.5) is 0 Å². The van der Waals surface area contributed by atoms with E-state index in [1.807, 2.05) is 0 Å². The molecule has 0 heterocycles. The standard InChI is InChI=1S/2C4H4Br2O2.Zn/c2*1-2(5)3(6)4(7)8;/h2*1H3,(H,7,8);/b2*3-2+;. The van der Waals surface area contributed by atoms with Crippen LogP contribution in [0.5, 0.6) is 0 Å². The molecule has 0 aliphatic rings. The van der Waals surface area contributed by atoms with Crippen LogP contribution in [0.3, 0.4) is 0 Å². The molecule has 0 aromatic carbocycles. The van der Waals surface area contributed by atoms with Gasteiger partial charge < -0.3 is 10.2 Å². The monoisotopic (exact) mass is 548 g/mol. The summed E-state index contributed by atoms with van der Waals surface area (Å²) in [6.45, 7) is 3.30. The molecule has 0 bridgehead atoms. The summed E-state index contributed by atoms with van der Waals surface area (Å²) in [5.41, 5.74) is 0. The van der Waals surface area contributed by atoms with Gasteiger partial charge in [0.15, 0.2) is 0 Å². The zero-order valence-electron chi connectivity index (χ0n) is 8.93. The summed E-state index contributed by atoms with van der Waals surface area (Å²) in [5.74, 6) is -1.92. The van der Waals surface area contributed by atoms with Crippen molar-refractivity contribution in [2.45, 2.75) is 13.8 Å². The van der Waals surface area contributed by atoms with E-state index in [0.717, 1.165) is 0 Å². The first-order chi connectivity index (χ1) is 7.11. The Morgan fingerprint density at radius 1 is 0.765 bits per heavy atom. The van der Waals surface area contributed by atoms with Crippen molar-refractivity contribution in [3.05, 3.63) is 17.9 Å². The van der Waals surface area contributed by atoms with Crippen molar-refractivity contribution in [1.29, 1.82) is 0 Å². The maximum atomic E-state index is 10.0. The van der Waals surface area contributed by atoms with Gasteiger partial charge in [-0.1, -0.05) is 31.9 Å². The Balaban J connectivity index is -0.000000218. The summed E-state index contributed by atoms with van der Waals surface area (Å²) in [6.07, 6.45) is 0. The van der Waals surface area contributed by atoms with Gasteiger partial charge in [-0.2, -0.15) is 0 Å². The van der Waals surface area contributed by atoms with Crippen LogP contribution in [0.2, 0.25) is 0 Å². The molecule has 0 unspecified atom stereocenters. The Bertz CT molecular complexity index is 309. The summed E-state index contributed by atoms with van der Waals surface area (Å²) >= 11 is 11.7. The minimum absolute atomic E-state index is 0. The van der Waals surface area contributed by atoms with Gasteiger partial charge in [-0.25, -0.2) is 9.59 Å². The van der Waals surface area contributed by atoms with E-state index in [4.69, 9.17) is 10.2 Å². The molecule has 0 saturated heterocycles.